The maximum atomic E-state index is 13.4. The number of fused-ring (bicyclic) bond motifs is 1. The van der Waals surface area contributed by atoms with Gasteiger partial charge in [0.05, 0.1) is 20.3 Å². The second-order valence-corrected chi connectivity index (χ2v) is 7.52. The van der Waals surface area contributed by atoms with Crippen molar-refractivity contribution in [2.24, 2.45) is 0 Å². The van der Waals surface area contributed by atoms with E-state index in [-0.39, 0.29) is 11.9 Å². The summed E-state index contributed by atoms with van der Waals surface area (Å²) in [5.74, 6) is 1.03. The number of anilines is 2. The van der Waals surface area contributed by atoms with Crippen LogP contribution in [0.1, 0.15) is 28.4 Å². The van der Waals surface area contributed by atoms with Crippen LogP contribution >= 0.6 is 11.6 Å². The van der Waals surface area contributed by atoms with Crippen molar-refractivity contribution >= 4 is 28.9 Å². The molecule has 0 bridgehead atoms. The maximum absolute atomic E-state index is 13.4. The van der Waals surface area contributed by atoms with Crippen LogP contribution in [0.4, 0.5) is 11.4 Å². The normalized spacial score (nSPS) is 15.3. The van der Waals surface area contributed by atoms with Gasteiger partial charge in [-0.25, -0.2) is 0 Å². The third kappa shape index (κ3) is 3.94. The summed E-state index contributed by atoms with van der Waals surface area (Å²) in [7, 11) is 3.13. The number of rotatable bonds is 5. The summed E-state index contributed by atoms with van der Waals surface area (Å²) in [4.78, 5) is 15.2. The lowest BCUT2D eigenvalue weighted by Crippen LogP contribution is -2.38. The molecule has 1 atom stereocenters. The number of carbonyl (C=O) groups is 1. The Morgan fingerprint density at radius 2 is 1.77 bits per heavy atom. The summed E-state index contributed by atoms with van der Waals surface area (Å²) < 4.78 is 10.6. The van der Waals surface area contributed by atoms with E-state index < -0.39 is 0 Å². The van der Waals surface area contributed by atoms with Crippen LogP contribution in [0.2, 0.25) is 5.02 Å². The largest absolute Gasteiger partial charge is 0.493 e. The van der Waals surface area contributed by atoms with Crippen LogP contribution in [0.5, 0.6) is 11.5 Å². The molecule has 3 aromatic carbocycles. The number of para-hydroxylation sites is 1. The van der Waals surface area contributed by atoms with E-state index in [0.29, 0.717) is 28.6 Å². The summed E-state index contributed by atoms with van der Waals surface area (Å²) in [6, 6.07) is 21.0. The zero-order valence-electron chi connectivity index (χ0n) is 16.9. The molecule has 1 aliphatic rings. The molecule has 0 saturated carbocycles. The average Bonchev–Trinajstić information content (AvgIpc) is 2.79. The quantitative estimate of drug-likeness (QED) is 0.584. The Morgan fingerprint density at radius 1 is 1.00 bits per heavy atom. The zero-order valence-corrected chi connectivity index (χ0v) is 17.6. The average molecular weight is 423 g/mol. The van der Waals surface area contributed by atoms with Gasteiger partial charge in [-0.2, -0.15) is 0 Å². The Bertz CT molecular complexity index is 1060. The van der Waals surface area contributed by atoms with E-state index in [2.05, 4.69) is 5.32 Å². The highest BCUT2D eigenvalue weighted by molar-refractivity contribution is 6.30. The molecule has 154 valence electrons. The summed E-state index contributed by atoms with van der Waals surface area (Å²) in [5.41, 5.74) is 3.45. The molecule has 3 aromatic rings. The second kappa shape index (κ2) is 8.67. The Balaban J connectivity index is 1.66. The third-order valence-electron chi connectivity index (χ3n) is 5.29. The van der Waals surface area contributed by atoms with Gasteiger partial charge in [-0.05, 0) is 60.5 Å². The summed E-state index contributed by atoms with van der Waals surface area (Å²) in [5, 5.41) is 4.21. The van der Waals surface area contributed by atoms with E-state index in [0.717, 1.165) is 23.4 Å². The molecular formula is C24H23ClN2O3. The first-order chi connectivity index (χ1) is 14.6. The summed E-state index contributed by atoms with van der Waals surface area (Å²) >= 11 is 6.30. The lowest BCUT2D eigenvalue weighted by atomic mass is 9.95. The van der Waals surface area contributed by atoms with Crippen LogP contribution in [0.3, 0.4) is 0 Å². The van der Waals surface area contributed by atoms with Crippen LogP contribution < -0.4 is 19.7 Å². The second-order valence-electron chi connectivity index (χ2n) is 7.08. The molecule has 0 aliphatic carbocycles. The highest BCUT2D eigenvalue weighted by Crippen LogP contribution is 2.39. The predicted molar refractivity (Wildman–Crippen MR) is 120 cm³/mol. The van der Waals surface area contributed by atoms with Crippen molar-refractivity contribution in [3.8, 4) is 11.5 Å². The summed E-state index contributed by atoms with van der Waals surface area (Å²) in [6.07, 6.45) is 0.765. The van der Waals surface area contributed by atoms with Crippen LogP contribution in [0.25, 0.3) is 0 Å². The molecule has 1 unspecified atom stereocenters. The minimum atomic E-state index is -0.0855. The standard InChI is InChI=1S/C24H23ClN2O3/c1-29-22-11-8-16(14-23(22)30-2)24(28)27-13-12-20(26-18-6-4-3-5-7-18)19-15-17(25)9-10-21(19)27/h3-11,14-15,20,26H,12-13H2,1-2H3. The molecule has 0 saturated heterocycles. The van der Waals surface area contributed by atoms with Gasteiger partial charge in [0.1, 0.15) is 0 Å². The first-order valence-electron chi connectivity index (χ1n) is 9.75. The number of carbonyl (C=O) groups excluding carboxylic acids is 1. The van der Waals surface area contributed by atoms with Crippen molar-refractivity contribution in [2.75, 3.05) is 31.0 Å². The fraction of sp³-hybridized carbons (Fsp3) is 0.208. The van der Waals surface area contributed by atoms with Crippen LogP contribution in [-0.2, 0) is 0 Å². The molecular weight excluding hydrogens is 400 g/mol. The van der Waals surface area contributed by atoms with Gasteiger partial charge in [0.2, 0.25) is 0 Å². The number of halogens is 1. The van der Waals surface area contributed by atoms with Crippen molar-refractivity contribution in [1.29, 1.82) is 0 Å². The number of benzene rings is 3. The van der Waals surface area contributed by atoms with Gasteiger partial charge in [-0.15, -0.1) is 0 Å². The number of nitrogens with one attached hydrogen (secondary N) is 1. The Hall–Kier alpha value is -3.18. The third-order valence-corrected chi connectivity index (χ3v) is 5.52. The van der Waals surface area contributed by atoms with Crippen molar-refractivity contribution in [3.63, 3.8) is 0 Å². The lowest BCUT2D eigenvalue weighted by Gasteiger charge is -2.35. The highest BCUT2D eigenvalue weighted by Gasteiger charge is 2.30. The van der Waals surface area contributed by atoms with Gasteiger partial charge in [0.25, 0.3) is 5.91 Å². The molecule has 1 N–H and O–H groups in total. The van der Waals surface area contributed by atoms with Gasteiger partial charge in [-0.3, -0.25) is 4.79 Å². The van der Waals surface area contributed by atoms with Crippen molar-refractivity contribution in [1.82, 2.24) is 0 Å². The van der Waals surface area contributed by atoms with Crippen molar-refractivity contribution < 1.29 is 14.3 Å². The smallest absolute Gasteiger partial charge is 0.258 e. The van der Waals surface area contributed by atoms with E-state index in [9.17, 15) is 4.79 Å². The van der Waals surface area contributed by atoms with E-state index >= 15 is 0 Å². The SMILES string of the molecule is COc1ccc(C(=O)N2CCC(Nc3ccccc3)c3cc(Cl)ccc32)cc1OC. The zero-order chi connectivity index (χ0) is 21.1. The maximum Gasteiger partial charge on any atom is 0.258 e. The fourth-order valence-corrected chi connectivity index (χ4v) is 3.99. The first kappa shape index (κ1) is 20.1. The lowest BCUT2D eigenvalue weighted by molar-refractivity contribution is 0.0984. The van der Waals surface area contributed by atoms with Gasteiger partial charge in [0.15, 0.2) is 11.5 Å². The number of amides is 1. The Morgan fingerprint density at radius 3 is 2.50 bits per heavy atom. The molecule has 6 heteroatoms. The molecule has 1 aliphatic heterocycles. The monoisotopic (exact) mass is 422 g/mol. The number of methoxy groups -OCH3 is 2. The van der Waals surface area contributed by atoms with Gasteiger partial charge >= 0.3 is 0 Å². The molecule has 30 heavy (non-hydrogen) atoms. The molecule has 0 aromatic heterocycles. The molecule has 0 spiro atoms. The molecule has 0 radical (unpaired) electrons. The molecule has 5 nitrogen and oxygen atoms in total. The number of hydrogen-bond donors (Lipinski definition) is 1. The van der Waals surface area contributed by atoms with Gasteiger partial charge in [-0.1, -0.05) is 29.8 Å². The van der Waals surface area contributed by atoms with E-state index in [1.807, 2.05) is 48.5 Å². The van der Waals surface area contributed by atoms with Crippen LogP contribution in [-0.4, -0.2) is 26.7 Å². The minimum absolute atomic E-state index is 0.0653. The topological polar surface area (TPSA) is 50.8 Å². The molecule has 0 fully saturated rings. The van der Waals surface area contributed by atoms with E-state index in [4.69, 9.17) is 21.1 Å². The van der Waals surface area contributed by atoms with Crippen LogP contribution in [0, 0.1) is 0 Å². The molecule has 1 heterocycles. The van der Waals surface area contributed by atoms with E-state index in [1.165, 1.54) is 0 Å². The summed E-state index contributed by atoms with van der Waals surface area (Å²) in [6.45, 7) is 0.590. The van der Waals surface area contributed by atoms with E-state index in [1.54, 1.807) is 37.3 Å². The Labute approximate surface area is 181 Å². The molecule has 1 amide bonds. The van der Waals surface area contributed by atoms with Crippen LogP contribution in [0.15, 0.2) is 66.7 Å². The van der Waals surface area contributed by atoms with Crippen molar-refractivity contribution in [3.05, 3.63) is 82.9 Å². The highest BCUT2D eigenvalue weighted by atomic mass is 35.5. The van der Waals surface area contributed by atoms with Gasteiger partial charge in [0, 0.05) is 28.5 Å². The van der Waals surface area contributed by atoms with Gasteiger partial charge < -0.3 is 19.7 Å². The Kier molecular flexibility index (Phi) is 5.81. The number of hydrogen-bond acceptors (Lipinski definition) is 4. The first-order valence-corrected chi connectivity index (χ1v) is 10.1. The van der Waals surface area contributed by atoms with Crippen molar-refractivity contribution in [2.45, 2.75) is 12.5 Å². The number of ether oxygens (including phenoxy) is 2. The molecule has 4 rings (SSSR count). The minimum Gasteiger partial charge on any atom is -0.493 e. The fourth-order valence-electron chi connectivity index (χ4n) is 3.81. The predicted octanol–water partition coefficient (Wildman–Crippen LogP) is 5.56. The number of nitrogens with zero attached hydrogens (tertiary/aromatic N) is 1.